The minimum absolute atomic E-state index is 0.0711. The van der Waals surface area contributed by atoms with Crippen LogP contribution in [0, 0.1) is 19.7 Å². The van der Waals surface area contributed by atoms with E-state index in [1.807, 2.05) is 24.8 Å². The number of benzene rings is 2. The van der Waals surface area contributed by atoms with Crippen LogP contribution in [0.4, 0.5) is 10.2 Å². The van der Waals surface area contributed by atoms with Gasteiger partial charge in [-0.05, 0) is 49.7 Å². The molecule has 0 bridgehead atoms. The standard InChI is InChI=1S/C24H23Cl2FN4O/c1-15-20(13-17-4-3-5-19(27)12-17)23(29-16(2)28-15)30-8-10-31(11-9-30)24(32)18-6-7-21(25)22(26)14-18/h3-7,12,14H,8-11,13H2,1-2H3. The second-order valence-corrected chi connectivity index (χ2v) is 8.69. The molecule has 0 spiro atoms. The van der Waals surface area contributed by atoms with Gasteiger partial charge in [0, 0.05) is 49.4 Å². The number of hydrogen-bond acceptors (Lipinski definition) is 4. The average molecular weight is 473 g/mol. The number of amides is 1. The lowest BCUT2D eigenvalue weighted by Crippen LogP contribution is -2.49. The third-order valence-corrected chi connectivity index (χ3v) is 6.35. The molecule has 32 heavy (non-hydrogen) atoms. The van der Waals surface area contributed by atoms with Gasteiger partial charge in [0.2, 0.25) is 0 Å². The maximum atomic E-state index is 13.7. The summed E-state index contributed by atoms with van der Waals surface area (Å²) in [6, 6.07) is 11.5. The molecule has 1 aliphatic heterocycles. The Morgan fingerprint density at radius 3 is 2.44 bits per heavy atom. The van der Waals surface area contributed by atoms with Gasteiger partial charge in [0.1, 0.15) is 17.5 Å². The Labute approximate surface area is 196 Å². The maximum absolute atomic E-state index is 13.7. The first-order valence-electron chi connectivity index (χ1n) is 10.4. The Bertz CT molecular complexity index is 1160. The van der Waals surface area contributed by atoms with Crippen molar-refractivity contribution in [3.05, 3.63) is 86.5 Å². The first-order valence-corrected chi connectivity index (χ1v) is 11.2. The summed E-state index contributed by atoms with van der Waals surface area (Å²) in [5.74, 6) is 1.21. The zero-order valence-corrected chi connectivity index (χ0v) is 19.4. The number of halogens is 3. The van der Waals surface area contributed by atoms with E-state index in [4.69, 9.17) is 28.2 Å². The number of carbonyl (C=O) groups excluding carboxylic acids is 1. The summed E-state index contributed by atoms with van der Waals surface area (Å²) < 4.78 is 13.7. The molecule has 5 nitrogen and oxygen atoms in total. The van der Waals surface area contributed by atoms with Gasteiger partial charge in [-0.1, -0.05) is 35.3 Å². The van der Waals surface area contributed by atoms with Crippen LogP contribution in [0.15, 0.2) is 42.5 Å². The van der Waals surface area contributed by atoms with Crippen molar-refractivity contribution < 1.29 is 9.18 Å². The molecule has 3 aromatic rings. The fourth-order valence-electron chi connectivity index (χ4n) is 3.97. The van der Waals surface area contributed by atoms with Gasteiger partial charge in [-0.3, -0.25) is 4.79 Å². The van der Waals surface area contributed by atoms with Gasteiger partial charge in [0.05, 0.1) is 10.0 Å². The number of rotatable bonds is 4. The van der Waals surface area contributed by atoms with Crippen molar-refractivity contribution in [3.63, 3.8) is 0 Å². The highest BCUT2D eigenvalue weighted by Gasteiger charge is 2.25. The second kappa shape index (κ2) is 9.43. The van der Waals surface area contributed by atoms with Crippen LogP contribution in [0.3, 0.4) is 0 Å². The number of piperazine rings is 1. The van der Waals surface area contributed by atoms with Crippen LogP contribution in [0.1, 0.15) is 33.0 Å². The molecule has 0 radical (unpaired) electrons. The lowest BCUT2D eigenvalue weighted by molar-refractivity contribution is 0.0746. The van der Waals surface area contributed by atoms with Crippen molar-refractivity contribution in [2.75, 3.05) is 31.1 Å². The van der Waals surface area contributed by atoms with E-state index in [0.717, 1.165) is 22.6 Å². The number of anilines is 1. The van der Waals surface area contributed by atoms with Gasteiger partial charge in [-0.2, -0.15) is 0 Å². The van der Waals surface area contributed by atoms with Gasteiger partial charge < -0.3 is 9.80 Å². The molecule has 1 amide bonds. The van der Waals surface area contributed by atoms with E-state index in [0.29, 0.717) is 54.0 Å². The summed E-state index contributed by atoms with van der Waals surface area (Å²) >= 11 is 12.0. The van der Waals surface area contributed by atoms with Crippen molar-refractivity contribution in [1.29, 1.82) is 0 Å². The SMILES string of the molecule is Cc1nc(C)c(Cc2cccc(F)c2)c(N2CCN(C(=O)c3ccc(Cl)c(Cl)c3)CC2)n1. The highest BCUT2D eigenvalue weighted by atomic mass is 35.5. The smallest absolute Gasteiger partial charge is 0.254 e. The zero-order valence-electron chi connectivity index (χ0n) is 17.9. The van der Waals surface area contributed by atoms with E-state index in [1.54, 1.807) is 24.3 Å². The van der Waals surface area contributed by atoms with Crippen LogP contribution < -0.4 is 4.90 Å². The van der Waals surface area contributed by atoms with Crippen molar-refractivity contribution in [2.24, 2.45) is 0 Å². The van der Waals surface area contributed by atoms with Gasteiger partial charge in [0.25, 0.3) is 5.91 Å². The first-order chi connectivity index (χ1) is 15.3. The summed E-state index contributed by atoms with van der Waals surface area (Å²) in [4.78, 5) is 26.1. The number of nitrogens with zero attached hydrogens (tertiary/aromatic N) is 4. The molecule has 2 aromatic carbocycles. The van der Waals surface area contributed by atoms with Gasteiger partial charge >= 0.3 is 0 Å². The monoisotopic (exact) mass is 472 g/mol. The normalized spacial score (nSPS) is 14.0. The van der Waals surface area contributed by atoms with Gasteiger partial charge in [-0.25, -0.2) is 14.4 Å². The van der Waals surface area contributed by atoms with Crippen LogP contribution in [0.2, 0.25) is 10.0 Å². The fraction of sp³-hybridized carbons (Fsp3) is 0.292. The topological polar surface area (TPSA) is 49.3 Å². The molecule has 2 heterocycles. The lowest BCUT2D eigenvalue weighted by atomic mass is 10.0. The van der Waals surface area contributed by atoms with E-state index in [9.17, 15) is 9.18 Å². The third kappa shape index (κ3) is 4.87. The second-order valence-electron chi connectivity index (χ2n) is 7.87. The van der Waals surface area contributed by atoms with Crippen LogP contribution in [-0.2, 0) is 6.42 Å². The average Bonchev–Trinajstić information content (AvgIpc) is 2.77. The molecule has 1 saturated heterocycles. The van der Waals surface area contributed by atoms with Crippen LogP contribution >= 0.6 is 23.2 Å². The van der Waals surface area contributed by atoms with Crippen molar-refractivity contribution >= 4 is 34.9 Å². The molecule has 0 aliphatic carbocycles. The Kier molecular flexibility index (Phi) is 6.63. The quantitative estimate of drug-likeness (QED) is 0.530. The van der Waals surface area contributed by atoms with E-state index in [2.05, 4.69) is 9.88 Å². The van der Waals surface area contributed by atoms with Crippen molar-refractivity contribution in [1.82, 2.24) is 14.9 Å². The van der Waals surface area contributed by atoms with Crippen LogP contribution in [0.5, 0.6) is 0 Å². The number of carbonyl (C=O) groups is 1. The predicted molar refractivity (Wildman–Crippen MR) is 125 cm³/mol. The Morgan fingerprint density at radius 2 is 1.75 bits per heavy atom. The van der Waals surface area contributed by atoms with E-state index < -0.39 is 0 Å². The Morgan fingerprint density at radius 1 is 1.00 bits per heavy atom. The van der Waals surface area contributed by atoms with Crippen molar-refractivity contribution in [2.45, 2.75) is 20.3 Å². The molecule has 4 rings (SSSR count). The van der Waals surface area contributed by atoms with Crippen molar-refractivity contribution in [3.8, 4) is 0 Å². The Hall–Kier alpha value is -2.70. The zero-order chi connectivity index (χ0) is 22.8. The summed E-state index contributed by atoms with van der Waals surface area (Å²) in [5, 5.41) is 0.790. The summed E-state index contributed by atoms with van der Waals surface area (Å²) in [6.45, 7) is 6.21. The van der Waals surface area contributed by atoms with E-state index >= 15 is 0 Å². The number of aryl methyl sites for hydroxylation is 2. The van der Waals surface area contributed by atoms with Crippen LogP contribution in [0.25, 0.3) is 0 Å². The highest BCUT2D eigenvalue weighted by molar-refractivity contribution is 6.42. The predicted octanol–water partition coefficient (Wildman–Crippen LogP) is 5.09. The largest absolute Gasteiger partial charge is 0.353 e. The minimum Gasteiger partial charge on any atom is -0.353 e. The highest BCUT2D eigenvalue weighted by Crippen LogP contribution is 2.27. The summed E-state index contributed by atoms with van der Waals surface area (Å²) in [6.07, 6.45) is 0.543. The van der Waals surface area contributed by atoms with Gasteiger partial charge in [0.15, 0.2) is 0 Å². The molecular formula is C24H23Cl2FN4O. The summed E-state index contributed by atoms with van der Waals surface area (Å²) in [7, 11) is 0. The molecular weight excluding hydrogens is 450 g/mol. The number of hydrogen-bond donors (Lipinski definition) is 0. The molecule has 0 atom stereocenters. The molecule has 1 aromatic heterocycles. The third-order valence-electron chi connectivity index (χ3n) is 5.61. The molecule has 0 saturated carbocycles. The molecule has 1 aliphatic rings. The molecule has 0 unspecified atom stereocenters. The molecule has 1 fully saturated rings. The van der Waals surface area contributed by atoms with E-state index in [-0.39, 0.29) is 11.7 Å². The first kappa shape index (κ1) is 22.5. The van der Waals surface area contributed by atoms with Gasteiger partial charge in [-0.15, -0.1) is 0 Å². The summed E-state index contributed by atoms with van der Waals surface area (Å²) in [5.41, 5.74) is 3.25. The fourth-order valence-corrected chi connectivity index (χ4v) is 4.27. The molecule has 166 valence electrons. The van der Waals surface area contributed by atoms with E-state index in [1.165, 1.54) is 12.1 Å². The van der Waals surface area contributed by atoms with Crippen LogP contribution in [-0.4, -0.2) is 47.0 Å². The number of aromatic nitrogens is 2. The lowest BCUT2D eigenvalue weighted by Gasteiger charge is -2.36. The minimum atomic E-state index is -0.260. The molecule has 8 heteroatoms. The molecule has 0 N–H and O–H groups in total. The maximum Gasteiger partial charge on any atom is 0.254 e. The Balaban J connectivity index is 1.53.